The summed E-state index contributed by atoms with van der Waals surface area (Å²) in [5.41, 5.74) is 4.78. The Kier molecular flexibility index (Phi) is 1.63. The summed E-state index contributed by atoms with van der Waals surface area (Å²) in [6, 6.07) is 0. The predicted molar refractivity (Wildman–Crippen MR) is 41.3 cm³/mol. The van der Waals surface area contributed by atoms with Gasteiger partial charge < -0.3 is 5.73 Å². The van der Waals surface area contributed by atoms with Gasteiger partial charge in [0.15, 0.2) is 0 Å². The molecule has 1 aromatic rings. The van der Waals surface area contributed by atoms with Crippen molar-refractivity contribution in [2.45, 2.75) is 24.2 Å². The average molecular weight is 188 g/mol. The van der Waals surface area contributed by atoms with E-state index in [9.17, 15) is 8.78 Å². The summed E-state index contributed by atoms with van der Waals surface area (Å²) in [5, 5.41) is 6.22. The van der Waals surface area contributed by atoms with Gasteiger partial charge in [-0.3, -0.25) is 5.10 Å². The summed E-state index contributed by atoms with van der Waals surface area (Å²) in [6.45, 7) is 0.178. The molecule has 0 unspecified atom stereocenters. The summed E-state index contributed by atoms with van der Waals surface area (Å²) < 4.78 is 25.4. The molecular formula is C7H10F2N4. The van der Waals surface area contributed by atoms with Crippen LogP contribution in [0.4, 0.5) is 8.78 Å². The quantitative estimate of drug-likeness (QED) is 0.707. The number of aromatic amines is 1. The molecule has 0 aliphatic heterocycles. The maximum Gasteiger partial charge on any atom is 0.250 e. The highest BCUT2D eigenvalue weighted by atomic mass is 19.3. The van der Waals surface area contributed by atoms with Gasteiger partial charge >= 0.3 is 0 Å². The van der Waals surface area contributed by atoms with E-state index in [1.165, 1.54) is 6.33 Å². The van der Waals surface area contributed by atoms with Crippen LogP contribution in [-0.4, -0.2) is 27.6 Å². The van der Waals surface area contributed by atoms with E-state index in [-0.39, 0.29) is 19.4 Å². The number of nitrogens with one attached hydrogen (secondary N) is 1. The van der Waals surface area contributed by atoms with Crippen LogP contribution in [0.15, 0.2) is 6.33 Å². The number of nitrogens with two attached hydrogens (primary N) is 1. The molecule has 2 rings (SSSR count). The smallest absolute Gasteiger partial charge is 0.250 e. The van der Waals surface area contributed by atoms with Crippen LogP contribution in [0.2, 0.25) is 0 Å². The maximum absolute atomic E-state index is 12.7. The highest BCUT2D eigenvalue weighted by Gasteiger charge is 2.58. The Morgan fingerprint density at radius 2 is 2.23 bits per heavy atom. The Balaban J connectivity index is 2.21. The molecule has 3 N–H and O–H groups in total. The van der Waals surface area contributed by atoms with Crippen LogP contribution in [0.1, 0.15) is 18.7 Å². The summed E-state index contributed by atoms with van der Waals surface area (Å²) >= 11 is 0. The van der Waals surface area contributed by atoms with Crippen molar-refractivity contribution in [3.05, 3.63) is 12.2 Å². The molecule has 0 aromatic carbocycles. The van der Waals surface area contributed by atoms with Crippen LogP contribution in [0.5, 0.6) is 0 Å². The lowest BCUT2D eigenvalue weighted by Crippen LogP contribution is -2.54. The first-order chi connectivity index (χ1) is 6.08. The first kappa shape index (κ1) is 8.55. The number of nitrogens with zero attached hydrogens (tertiary/aromatic N) is 2. The minimum absolute atomic E-state index is 0.178. The maximum atomic E-state index is 12.7. The molecule has 1 aromatic heterocycles. The standard InChI is InChI=1S/C7H10F2N4/c8-7(9)1-6(2-7,3-10)5-11-4-12-13-5/h4H,1-3,10H2,(H,11,12,13). The van der Waals surface area contributed by atoms with Crippen LogP contribution in [0, 0.1) is 0 Å². The van der Waals surface area contributed by atoms with Crippen LogP contribution >= 0.6 is 0 Å². The zero-order chi connectivity index (χ0) is 9.53. The number of halogens is 2. The van der Waals surface area contributed by atoms with Crippen LogP contribution in [-0.2, 0) is 5.41 Å². The van der Waals surface area contributed by atoms with Crippen molar-refractivity contribution in [3.63, 3.8) is 0 Å². The third-order valence-electron chi connectivity index (χ3n) is 2.50. The van der Waals surface area contributed by atoms with E-state index in [2.05, 4.69) is 15.2 Å². The molecule has 13 heavy (non-hydrogen) atoms. The molecule has 6 heteroatoms. The Morgan fingerprint density at radius 1 is 1.54 bits per heavy atom. The Bertz CT molecular complexity index is 287. The lowest BCUT2D eigenvalue weighted by atomic mass is 9.65. The Hall–Kier alpha value is -1.04. The SMILES string of the molecule is NCC1(c2ncn[nH]2)CC(F)(F)C1. The van der Waals surface area contributed by atoms with Crippen LogP contribution in [0.25, 0.3) is 0 Å². The van der Waals surface area contributed by atoms with Gasteiger partial charge in [0, 0.05) is 19.4 Å². The van der Waals surface area contributed by atoms with Gasteiger partial charge in [0.1, 0.15) is 12.2 Å². The Morgan fingerprint density at radius 3 is 2.62 bits per heavy atom. The van der Waals surface area contributed by atoms with Gasteiger partial charge in [-0.1, -0.05) is 0 Å². The number of H-pyrrole nitrogens is 1. The normalized spacial score (nSPS) is 23.9. The molecule has 0 atom stereocenters. The minimum Gasteiger partial charge on any atom is -0.329 e. The molecule has 0 amide bonds. The van der Waals surface area contributed by atoms with Crippen molar-refractivity contribution in [1.82, 2.24) is 15.2 Å². The number of rotatable bonds is 2. The first-order valence-corrected chi connectivity index (χ1v) is 4.02. The van der Waals surface area contributed by atoms with E-state index in [0.717, 1.165) is 0 Å². The lowest BCUT2D eigenvalue weighted by molar-refractivity contribution is -0.126. The van der Waals surface area contributed by atoms with Crippen LogP contribution in [0.3, 0.4) is 0 Å². The van der Waals surface area contributed by atoms with Gasteiger partial charge in [0.05, 0.1) is 5.41 Å². The zero-order valence-electron chi connectivity index (χ0n) is 6.93. The van der Waals surface area contributed by atoms with Gasteiger partial charge in [-0.05, 0) is 0 Å². The molecule has 1 saturated carbocycles. The third-order valence-corrected chi connectivity index (χ3v) is 2.50. The molecule has 1 aliphatic rings. The molecular weight excluding hydrogens is 178 g/mol. The molecule has 0 spiro atoms. The van der Waals surface area contributed by atoms with E-state index < -0.39 is 11.3 Å². The minimum atomic E-state index is -2.59. The van der Waals surface area contributed by atoms with Gasteiger partial charge in [-0.2, -0.15) is 5.10 Å². The highest BCUT2D eigenvalue weighted by Crippen LogP contribution is 2.51. The number of alkyl halides is 2. The van der Waals surface area contributed by atoms with Crippen molar-refractivity contribution < 1.29 is 8.78 Å². The van der Waals surface area contributed by atoms with E-state index in [0.29, 0.717) is 5.82 Å². The molecule has 72 valence electrons. The van der Waals surface area contributed by atoms with Crippen molar-refractivity contribution in [2.75, 3.05) is 6.54 Å². The molecule has 1 heterocycles. The molecule has 0 radical (unpaired) electrons. The van der Waals surface area contributed by atoms with E-state index in [4.69, 9.17) is 5.73 Å². The molecule has 0 saturated heterocycles. The first-order valence-electron chi connectivity index (χ1n) is 4.02. The van der Waals surface area contributed by atoms with Crippen molar-refractivity contribution in [3.8, 4) is 0 Å². The van der Waals surface area contributed by atoms with Gasteiger partial charge in [-0.15, -0.1) is 0 Å². The fourth-order valence-electron chi connectivity index (χ4n) is 1.81. The third kappa shape index (κ3) is 1.21. The molecule has 1 aliphatic carbocycles. The van der Waals surface area contributed by atoms with Gasteiger partial charge in [0.25, 0.3) is 0 Å². The van der Waals surface area contributed by atoms with E-state index >= 15 is 0 Å². The molecule has 1 fully saturated rings. The van der Waals surface area contributed by atoms with E-state index in [1.54, 1.807) is 0 Å². The summed E-state index contributed by atoms with van der Waals surface area (Å²) in [5.74, 6) is -2.12. The van der Waals surface area contributed by atoms with Crippen molar-refractivity contribution in [1.29, 1.82) is 0 Å². The fourth-order valence-corrected chi connectivity index (χ4v) is 1.81. The second-order valence-corrected chi connectivity index (χ2v) is 3.53. The predicted octanol–water partition coefficient (Wildman–Crippen LogP) is 0.430. The lowest BCUT2D eigenvalue weighted by Gasteiger charge is -2.44. The average Bonchev–Trinajstić information content (AvgIpc) is 2.51. The zero-order valence-corrected chi connectivity index (χ0v) is 6.93. The number of hydrogen-bond donors (Lipinski definition) is 2. The summed E-state index contributed by atoms with van der Waals surface area (Å²) in [6.07, 6.45) is 0.848. The highest BCUT2D eigenvalue weighted by molar-refractivity contribution is 5.17. The number of aromatic nitrogens is 3. The van der Waals surface area contributed by atoms with Crippen molar-refractivity contribution >= 4 is 0 Å². The Labute approximate surface area is 73.5 Å². The summed E-state index contributed by atoms with van der Waals surface area (Å²) in [7, 11) is 0. The van der Waals surface area contributed by atoms with Crippen molar-refractivity contribution in [2.24, 2.45) is 5.73 Å². The molecule has 4 nitrogen and oxygen atoms in total. The largest absolute Gasteiger partial charge is 0.329 e. The van der Waals surface area contributed by atoms with Gasteiger partial charge in [-0.25, -0.2) is 13.8 Å². The van der Waals surface area contributed by atoms with Gasteiger partial charge in [0.2, 0.25) is 5.92 Å². The second kappa shape index (κ2) is 2.47. The fraction of sp³-hybridized carbons (Fsp3) is 0.714. The monoisotopic (exact) mass is 188 g/mol. The summed E-state index contributed by atoms with van der Waals surface area (Å²) in [4.78, 5) is 3.87. The van der Waals surface area contributed by atoms with E-state index in [1.807, 2.05) is 0 Å². The second-order valence-electron chi connectivity index (χ2n) is 3.53. The topological polar surface area (TPSA) is 67.6 Å². The van der Waals surface area contributed by atoms with Crippen LogP contribution < -0.4 is 5.73 Å². The molecule has 0 bridgehead atoms. The number of hydrogen-bond acceptors (Lipinski definition) is 3.